The van der Waals surface area contributed by atoms with Crippen molar-refractivity contribution in [1.82, 2.24) is 20.2 Å². The van der Waals surface area contributed by atoms with Crippen molar-refractivity contribution < 1.29 is 9.53 Å². The molecule has 7 nitrogen and oxygen atoms in total. The maximum atomic E-state index is 12.7. The molecule has 2 aromatic heterocycles. The van der Waals surface area contributed by atoms with Gasteiger partial charge in [0.2, 0.25) is 5.91 Å². The SMILES string of the molecule is CC(C)NC(=O)Cc1sc2ncnc(N3CCC(COCCN4CCCC4)CC3)c2c1-c1ccccc1. The number of hydrogen-bond acceptors (Lipinski definition) is 7. The van der Waals surface area contributed by atoms with E-state index in [0.717, 1.165) is 77.7 Å². The molecule has 0 radical (unpaired) electrons. The van der Waals surface area contributed by atoms with Crippen LogP contribution in [0.25, 0.3) is 21.3 Å². The highest BCUT2D eigenvalue weighted by Crippen LogP contribution is 2.42. The molecule has 5 rings (SSSR count). The molecule has 1 aromatic carbocycles. The number of hydrogen-bond donors (Lipinski definition) is 1. The second-order valence-electron chi connectivity index (χ2n) is 10.6. The molecule has 0 saturated carbocycles. The van der Waals surface area contributed by atoms with Crippen LogP contribution < -0.4 is 10.2 Å². The van der Waals surface area contributed by atoms with E-state index < -0.39 is 0 Å². The van der Waals surface area contributed by atoms with E-state index in [1.54, 1.807) is 17.7 Å². The lowest BCUT2D eigenvalue weighted by atomic mass is 9.97. The Morgan fingerprint density at radius 3 is 2.59 bits per heavy atom. The maximum Gasteiger partial charge on any atom is 0.225 e. The Kier molecular flexibility index (Phi) is 8.69. The van der Waals surface area contributed by atoms with Gasteiger partial charge in [0, 0.05) is 42.7 Å². The predicted octanol–water partition coefficient (Wildman–Crippen LogP) is 4.75. The summed E-state index contributed by atoms with van der Waals surface area (Å²) in [6, 6.07) is 10.5. The van der Waals surface area contributed by atoms with Crippen LogP contribution >= 0.6 is 11.3 Å². The average molecular weight is 522 g/mol. The zero-order chi connectivity index (χ0) is 25.6. The summed E-state index contributed by atoms with van der Waals surface area (Å²) in [5.74, 6) is 1.63. The van der Waals surface area contributed by atoms with Gasteiger partial charge in [-0.3, -0.25) is 4.79 Å². The summed E-state index contributed by atoms with van der Waals surface area (Å²) in [7, 11) is 0. The Morgan fingerprint density at radius 1 is 1.11 bits per heavy atom. The summed E-state index contributed by atoms with van der Waals surface area (Å²) in [6.07, 6.45) is 6.89. The minimum absolute atomic E-state index is 0.0405. The second kappa shape index (κ2) is 12.3. The fraction of sp³-hybridized carbons (Fsp3) is 0.552. The van der Waals surface area contributed by atoms with E-state index in [2.05, 4.69) is 44.4 Å². The number of carbonyl (C=O) groups excluding carboxylic acids is 1. The van der Waals surface area contributed by atoms with Crippen LogP contribution in [0.4, 0.5) is 5.82 Å². The highest BCUT2D eigenvalue weighted by Gasteiger charge is 2.26. The first-order chi connectivity index (χ1) is 18.1. The molecule has 8 heteroatoms. The van der Waals surface area contributed by atoms with Crippen LogP contribution in [0.1, 0.15) is 44.4 Å². The molecule has 37 heavy (non-hydrogen) atoms. The first kappa shape index (κ1) is 26.1. The zero-order valence-electron chi connectivity index (χ0n) is 22.1. The Labute approximate surface area is 224 Å². The molecular formula is C29H39N5O2S. The number of aromatic nitrogens is 2. The molecule has 1 amide bonds. The Hall–Kier alpha value is -2.55. The number of nitrogens with zero attached hydrogens (tertiary/aromatic N) is 4. The third-order valence-corrected chi connectivity index (χ3v) is 8.49. The molecular weight excluding hydrogens is 482 g/mol. The van der Waals surface area contributed by atoms with E-state index in [1.807, 2.05) is 19.9 Å². The molecule has 2 aliphatic heterocycles. The zero-order valence-corrected chi connectivity index (χ0v) is 22.9. The lowest BCUT2D eigenvalue weighted by Gasteiger charge is -2.33. The number of rotatable bonds is 10. The minimum Gasteiger partial charge on any atom is -0.380 e. The average Bonchev–Trinajstić information content (AvgIpc) is 3.54. The number of anilines is 1. The molecule has 3 aromatic rings. The largest absolute Gasteiger partial charge is 0.380 e. The standard InChI is InChI=1S/C29H39N5O2S/c1-21(2)32-25(35)18-24-26(23-8-4-3-5-9-23)27-28(30-20-31-29(27)37-24)34-14-10-22(11-15-34)19-36-17-16-33-12-6-7-13-33/h3-5,8-9,20-22H,6-7,10-19H2,1-2H3,(H,32,35). The lowest BCUT2D eigenvalue weighted by molar-refractivity contribution is -0.120. The van der Waals surface area contributed by atoms with Crippen molar-refractivity contribution in [3.05, 3.63) is 41.5 Å². The molecule has 4 heterocycles. The van der Waals surface area contributed by atoms with Crippen LogP contribution in [0.5, 0.6) is 0 Å². The van der Waals surface area contributed by atoms with Crippen molar-refractivity contribution in [1.29, 1.82) is 0 Å². The summed E-state index contributed by atoms with van der Waals surface area (Å²) in [6.45, 7) is 11.1. The van der Waals surface area contributed by atoms with Crippen molar-refractivity contribution >= 4 is 33.3 Å². The van der Waals surface area contributed by atoms with Crippen LogP contribution in [0.3, 0.4) is 0 Å². The fourth-order valence-corrected chi connectivity index (χ4v) is 6.67. The molecule has 0 atom stereocenters. The fourth-order valence-electron chi connectivity index (χ4n) is 5.52. The third kappa shape index (κ3) is 6.48. The summed E-state index contributed by atoms with van der Waals surface area (Å²) < 4.78 is 6.07. The van der Waals surface area contributed by atoms with Crippen LogP contribution in [-0.4, -0.2) is 72.8 Å². The summed E-state index contributed by atoms with van der Waals surface area (Å²) >= 11 is 1.61. The first-order valence-electron chi connectivity index (χ1n) is 13.7. The molecule has 2 fully saturated rings. The molecule has 1 N–H and O–H groups in total. The quantitative estimate of drug-likeness (QED) is 0.388. The van der Waals surface area contributed by atoms with Gasteiger partial charge in [0.15, 0.2) is 0 Å². The third-order valence-electron chi connectivity index (χ3n) is 7.39. The van der Waals surface area contributed by atoms with Crippen molar-refractivity contribution in [3.63, 3.8) is 0 Å². The molecule has 198 valence electrons. The van der Waals surface area contributed by atoms with Crippen molar-refractivity contribution in [2.45, 2.75) is 52.0 Å². The number of piperidine rings is 1. The van der Waals surface area contributed by atoms with Crippen LogP contribution in [-0.2, 0) is 16.0 Å². The Bertz CT molecular complexity index is 1170. The molecule has 0 unspecified atom stereocenters. The maximum absolute atomic E-state index is 12.7. The second-order valence-corrected chi connectivity index (χ2v) is 11.7. The monoisotopic (exact) mass is 521 g/mol. The Balaban J connectivity index is 1.31. The highest BCUT2D eigenvalue weighted by atomic mass is 32.1. The van der Waals surface area contributed by atoms with Gasteiger partial charge < -0.3 is 19.9 Å². The molecule has 2 aliphatic rings. The van der Waals surface area contributed by atoms with Gasteiger partial charge in [0.25, 0.3) is 0 Å². The first-order valence-corrected chi connectivity index (χ1v) is 14.6. The molecule has 0 spiro atoms. The number of benzene rings is 1. The van der Waals surface area contributed by atoms with Crippen LogP contribution in [0.15, 0.2) is 36.7 Å². The van der Waals surface area contributed by atoms with E-state index in [1.165, 1.54) is 25.9 Å². The summed E-state index contributed by atoms with van der Waals surface area (Å²) in [5, 5.41) is 4.12. The normalized spacial score (nSPS) is 17.2. The smallest absolute Gasteiger partial charge is 0.225 e. The van der Waals surface area contributed by atoms with Gasteiger partial charge in [-0.2, -0.15) is 0 Å². The molecule has 2 saturated heterocycles. The summed E-state index contributed by atoms with van der Waals surface area (Å²) in [5.41, 5.74) is 2.21. The van der Waals surface area contributed by atoms with Gasteiger partial charge in [-0.15, -0.1) is 11.3 Å². The van der Waals surface area contributed by atoms with Crippen LogP contribution in [0, 0.1) is 5.92 Å². The number of fused-ring (bicyclic) bond motifs is 1. The van der Waals surface area contributed by atoms with E-state index >= 15 is 0 Å². The number of amides is 1. The lowest BCUT2D eigenvalue weighted by Crippen LogP contribution is -2.36. The van der Waals surface area contributed by atoms with Crippen molar-refractivity contribution in [2.75, 3.05) is 50.8 Å². The van der Waals surface area contributed by atoms with Gasteiger partial charge in [-0.05, 0) is 64.1 Å². The van der Waals surface area contributed by atoms with Gasteiger partial charge in [0.1, 0.15) is 17.0 Å². The van der Waals surface area contributed by atoms with Gasteiger partial charge in [-0.1, -0.05) is 30.3 Å². The van der Waals surface area contributed by atoms with E-state index in [4.69, 9.17) is 9.72 Å². The topological polar surface area (TPSA) is 70.6 Å². The van der Waals surface area contributed by atoms with Gasteiger partial charge >= 0.3 is 0 Å². The van der Waals surface area contributed by atoms with Crippen molar-refractivity contribution in [2.24, 2.45) is 5.92 Å². The number of carbonyl (C=O) groups is 1. The van der Waals surface area contributed by atoms with E-state index in [9.17, 15) is 4.79 Å². The summed E-state index contributed by atoms with van der Waals surface area (Å²) in [4.78, 5) is 29.0. The van der Waals surface area contributed by atoms with E-state index in [-0.39, 0.29) is 11.9 Å². The van der Waals surface area contributed by atoms with Gasteiger partial charge in [0.05, 0.1) is 18.4 Å². The van der Waals surface area contributed by atoms with E-state index in [0.29, 0.717) is 12.3 Å². The number of nitrogens with one attached hydrogen (secondary N) is 1. The highest BCUT2D eigenvalue weighted by molar-refractivity contribution is 7.19. The number of ether oxygens (including phenoxy) is 1. The number of thiophene rings is 1. The van der Waals surface area contributed by atoms with Crippen LogP contribution in [0.2, 0.25) is 0 Å². The van der Waals surface area contributed by atoms with Gasteiger partial charge in [-0.25, -0.2) is 9.97 Å². The Morgan fingerprint density at radius 2 is 1.86 bits per heavy atom. The minimum atomic E-state index is 0.0405. The predicted molar refractivity (Wildman–Crippen MR) is 151 cm³/mol. The molecule has 0 bridgehead atoms. The van der Waals surface area contributed by atoms with Crippen molar-refractivity contribution in [3.8, 4) is 11.1 Å². The molecule has 0 aliphatic carbocycles. The number of likely N-dealkylation sites (tertiary alicyclic amines) is 1.